The van der Waals surface area contributed by atoms with E-state index in [-0.39, 0.29) is 18.6 Å². The molecule has 0 aliphatic heterocycles. The van der Waals surface area contributed by atoms with Crippen molar-refractivity contribution in [3.63, 3.8) is 0 Å². The molecule has 0 saturated carbocycles. The summed E-state index contributed by atoms with van der Waals surface area (Å²) in [5.41, 5.74) is 0.711. The van der Waals surface area contributed by atoms with Crippen molar-refractivity contribution >= 4 is 47.2 Å². The van der Waals surface area contributed by atoms with Crippen LogP contribution in [0.5, 0.6) is 0 Å². The number of aliphatic hydroxyl groups is 1. The lowest BCUT2D eigenvalue weighted by atomic mass is 9.97. The number of oxime groups is 2. The molecule has 0 bridgehead atoms. The second-order valence-electron chi connectivity index (χ2n) is 7.57. The summed E-state index contributed by atoms with van der Waals surface area (Å²) in [5.74, 6) is -0.806. The lowest BCUT2D eigenvalue weighted by Gasteiger charge is -2.24. The van der Waals surface area contributed by atoms with Gasteiger partial charge in [0, 0.05) is 16.9 Å². The quantitative estimate of drug-likeness (QED) is 0.165. The highest BCUT2D eigenvalue weighted by molar-refractivity contribution is 6.43. The third-order valence-electron chi connectivity index (χ3n) is 5.18. The number of hydrogen-bond acceptors (Lipinski definition) is 6. The Morgan fingerprint density at radius 1 is 0.882 bits per heavy atom. The second kappa shape index (κ2) is 18.1. The summed E-state index contributed by atoms with van der Waals surface area (Å²) in [6.07, 6.45) is -0.0305. The minimum absolute atomic E-state index is 0.229. The van der Waals surface area contributed by atoms with Gasteiger partial charge < -0.3 is 19.5 Å². The van der Waals surface area contributed by atoms with E-state index in [1.54, 1.807) is 32.9 Å². The number of benzene rings is 1. The van der Waals surface area contributed by atoms with E-state index in [9.17, 15) is 13.9 Å². The van der Waals surface area contributed by atoms with Crippen molar-refractivity contribution in [1.82, 2.24) is 0 Å². The van der Waals surface area contributed by atoms with Crippen molar-refractivity contribution in [1.29, 1.82) is 0 Å². The lowest BCUT2D eigenvalue weighted by molar-refractivity contribution is -0.0100. The molecule has 1 rings (SSSR count). The van der Waals surface area contributed by atoms with Crippen molar-refractivity contribution < 1.29 is 28.3 Å². The van der Waals surface area contributed by atoms with Crippen LogP contribution in [0, 0.1) is 11.8 Å². The van der Waals surface area contributed by atoms with Crippen LogP contribution in [0.25, 0.3) is 0 Å². The predicted octanol–water partition coefficient (Wildman–Crippen LogP) is 6.91. The van der Waals surface area contributed by atoms with Gasteiger partial charge in [0.05, 0.1) is 41.3 Å². The Kier molecular flexibility index (Phi) is 17.5. The summed E-state index contributed by atoms with van der Waals surface area (Å²) in [4.78, 5) is 8.81. The zero-order valence-corrected chi connectivity index (χ0v) is 22.6. The smallest absolute Gasteiger partial charge is 0.143 e. The zero-order chi connectivity index (χ0) is 26.3. The van der Waals surface area contributed by atoms with Gasteiger partial charge in [0.1, 0.15) is 26.6 Å². The monoisotopic (exact) mass is 546 g/mol. The van der Waals surface area contributed by atoms with Gasteiger partial charge >= 0.3 is 0 Å². The van der Waals surface area contributed by atoms with Crippen LogP contribution in [-0.4, -0.2) is 56.3 Å². The molecule has 11 heteroatoms. The summed E-state index contributed by atoms with van der Waals surface area (Å²) in [7, 11) is 2.72. The molecule has 0 amide bonds. The normalized spacial score (nSPS) is 16.9. The van der Waals surface area contributed by atoms with Crippen LogP contribution >= 0.6 is 34.8 Å². The SMILES string of the molecule is CC[C@@H](O)[C@@H](C)[C@H](F)C=NOC.CC[C@@H](OCc1cc(Cl)c(Cl)cc1Cl)[C@@H](C)[C@H](F)C=NOC. The topological polar surface area (TPSA) is 72.6 Å². The Bertz CT molecular complexity index is 759. The molecular formula is C23H35Cl3F2N2O4. The number of rotatable bonds is 13. The molecule has 0 spiro atoms. The molecule has 6 atom stereocenters. The first-order chi connectivity index (χ1) is 16.0. The van der Waals surface area contributed by atoms with E-state index in [0.29, 0.717) is 33.5 Å². The predicted molar refractivity (Wildman–Crippen MR) is 136 cm³/mol. The van der Waals surface area contributed by atoms with Crippen molar-refractivity contribution in [2.75, 3.05) is 14.2 Å². The molecule has 0 heterocycles. The lowest BCUT2D eigenvalue weighted by Crippen LogP contribution is -2.29. The Balaban J connectivity index is 0.000000770. The van der Waals surface area contributed by atoms with Gasteiger partial charge in [-0.1, -0.05) is 72.8 Å². The third-order valence-corrected chi connectivity index (χ3v) is 6.25. The number of nitrogens with zero attached hydrogens (tertiary/aromatic N) is 2. The van der Waals surface area contributed by atoms with Gasteiger partial charge in [-0.15, -0.1) is 0 Å². The molecule has 6 nitrogen and oxygen atoms in total. The van der Waals surface area contributed by atoms with Gasteiger partial charge in [-0.25, -0.2) is 8.78 Å². The fourth-order valence-electron chi connectivity index (χ4n) is 2.81. The van der Waals surface area contributed by atoms with Crippen LogP contribution < -0.4 is 0 Å². The largest absolute Gasteiger partial charge is 0.399 e. The van der Waals surface area contributed by atoms with Gasteiger partial charge in [0.15, 0.2) is 0 Å². The maximum Gasteiger partial charge on any atom is 0.143 e. The molecule has 0 fully saturated rings. The maximum absolute atomic E-state index is 14.0. The average Bonchev–Trinajstić information content (AvgIpc) is 2.83. The first-order valence-electron chi connectivity index (χ1n) is 10.9. The molecule has 0 aromatic heterocycles. The standard InChI is InChI=1S/C15H19Cl3FNO2.C8H16FNO2/c1-4-15(9(2)14(19)7-20-21-3)22-8-10-5-12(17)13(18)6-11(10)16;1-4-8(11)6(2)7(9)5-10-12-3/h5-7,9,14-15H,4,8H2,1-3H3;5-8,11H,4H2,1-3H3/t9-,14+,15+;6-,7+,8+/m00/s1. The molecule has 0 aliphatic rings. The van der Waals surface area contributed by atoms with Crippen molar-refractivity contribution in [3.05, 3.63) is 32.8 Å². The summed E-state index contributed by atoms with van der Waals surface area (Å²) in [6.45, 7) is 7.36. The first kappa shape index (κ1) is 32.8. The van der Waals surface area contributed by atoms with Crippen LogP contribution in [0.3, 0.4) is 0 Å². The summed E-state index contributed by atoms with van der Waals surface area (Å²) >= 11 is 18.0. The Labute approximate surface area is 216 Å². The fraction of sp³-hybridized carbons (Fsp3) is 0.652. The van der Waals surface area contributed by atoms with Crippen LogP contribution in [0.2, 0.25) is 15.1 Å². The van der Waals surface area contributed by atoms with Gasteiger partial charge in [0.2, 0.25) is 0 Å². The van der Waals surface area contributed by atoms with Crippen LogP contribution in [0.1, 0.15) is 46.1 Å². The van der Waals surface area contributed by atoms with Gasteiger partial charge in [-0.2, -0.15) is 0 Å². The van der Waals surface area contributed by atoms with E-state index in [1.165, 1.54) is 14.2 Å². The van der Waals surface area contributed by atoms with Gasteiger partial charge in [-0.05, 0) is 30.5 Å². The van der Waals surface area contributed by atoms with E-state index >= 15 is 0 Å². The minimum atomic E-state index is -1.26. The Morgan fingerprint density at radius 2 is 1.38 bits per heavy atom. The number of alkyl halides is 2. The van der Waals surface area contributed by atoms with E-state index < -0.39 is 24.4 Å². The highest BCUT2D eigenvalue weighted by Gasteiger charge is 2.25. The van der Waals surface area contributed by atoms with Crippen molar-refractivity contribution in [3.8, 4) is 0 Å². The fourth-order valence-corrected chi connectivity index (χ4v) is 3.44. The van der Waals surface area contributed by atoms with Crippen molar-refractivity contribution in [2.24, 2.45) is 22.1 Å². The van der Waals surface area contributed by atoms with Crippen molar-refractivity contribution in [2.45, 2.75) is 71.7 Å². The van der Waals surface area contributed by atoms with Crippen LogP contribution in [0.4, 0.5) is 8.78 Å². The highest BCUT2D eigenvalue weighted by atomic mass is 35.5. The molecule has 34 heavy (non-hydrogen) atoms. The molecule has 1 N–H and O–H groups in total. The molecule has 1 aromatic carbocycles. The van der Waals surface area contributed by atoms with E-state index in [1.807, 2.05) is 6.92 Å². The second-order valence-corrected chi connectivity index (χ2v) is 8.79. The van der Waals surface area contributed by atoms with Crippen LogP contribution in [0.15, 0.2) is 22.4 Å². The van der Waals surface area contributed by atoms with E-state index in [2.05, 4.69) is 20.0 Å². The molecule has 1 aromatic rings. The van der Waals surface area contributed by atoms with Gasteiger partial charge in [0.25, 0.3) is 0 Å². The average molecular weight is 548 g/mol. The first-order valence-corrected chi connectivity index (χ1v) is 12.0. The maximum atomic E-state index is 14.0. The van der Waals surface area contributed by atoms with E-state index in [0.717, 1.165) is 12.4 Å². The van der Waals surface area contributed by atoms with Crippen LogP contribution in [-0.2, 0) is 21.0 Å². The number of halogens is 5. The summed E-state index contributed by atoms with van der Waals surface area (Å²) < 4.78 is 32.8. The molecule has 196 valence electrons. The molecule has 0 radical (unpaired) electrons. The minimum Gasteiger partial charge on any atom is -0.399 e. The third kappa shape index (κ3) is 12.0. The molecule has 0 unspecified atom stereocenters. The number of aliphatic hydroxyl groups excluding tert-OH is 1. The Hall–Kier alpha value is -1.19. The number of ether oxygens (including phenoxy) is 1. The Morgan fingerprint density at radius 3 is 1.85 bits per heavy atom. The molecule has 0 saturated heterocycles. The molecular weight excluding hydrogens is 513 g/mol. The van der Waals surface area contributed by atoms with Gasteiger partial charge in [-0.3, -0.25) is 0 Å². The summed E-state index contributed by atoms with van der Waals surface area (Å²) in [6, 6.07) is 3.22. The molecule has 0 aliphatic carbocycles. The highest BCUT2D eigenvalue weighted by Crippen LogP contribution is 2.30. The van der Waals surface area contributed by atoms with E-state index in [4.69, 9.17) is 39.5 Å². The summed E-state index contributed by atoms with van der Waals surface area (Å²) in [5, 5.41) is 17.3. The number of hydrogen-bond donors (Lipinski definition) is 1. The zero-order valence-electron chi connectivity index (χ0n) is 20.4.